The maximum Gasteiger partial charge on any atom is 0.0931 e. The Morgan fingerprint density at radius 1 is 1.36 bits per heavy atom. The van der Waals surface area contributed by atoms with Crippen LogP contribution in [-0.2, 0) is 0 Å². The van der Waals surface area contributed by atoms with Gasteiger partial charge in [-0.1, -0.05) is 19.1 Å². The molecule has 1 aromatic rings. The standard InChI is InChI=1S/C9H10N2/c1-5-6-2-8-9(3-7(5)6)11-4-10-8/h2-7H,1H3,(H,10,11). The minimum absolute atomic E-state index is 0.783. The van der Waals surface area contributed by atoms with Crippen LogP contribution in [0.15, 0.2) is 6.33 Å². The zero-order chi connectivity index (χ0) is 7.42. The summed E-state index contributed by atoms with van der Waals surface area (Å²) in [4.78, 5) is 7.36. The van der Waals surface area contributed by atoms with Crippen molar-refractivity contribution in [3.05, 3.63) is 17.0 Å². The fourth-order valence-electron chi connectivity index (χ4n) is 2.01. The minimum atomic E-state index is 0.783. The van der Waals surface area contributed by atoms with E-state index in [1.807, 2.05) is 0 Å². The molecular formula is C9H10N2. The van der Waals surface area contributed by atoms with Gasteiger partial charge in [-0.2, -0.15) is 0 Å². The SMILES string of the molecule is CC1C2C=c3nc[nH]c3=CC12. The van der Waals surface area contributed by atoms with E-state index in [4.69, 9.17) is 0 Å². The monoisotopic (exact) mass is 146 g/mol. The third-order valence-electron chi connectivity index (χ3n) is 2.93. The number of rotatable bonds is 0. The van der Waals surface area contributed by atoms with Gasteiger partial charge in [0, 0.05) is 0 Å². The molecule has 2 nitrogen and oxygen atoms in total. The first-order valence-corrected chi connectivity index (χ1v) is 4.09. The summed E-state index contributed by atoms with van der Waals surface area (Å²) in [5.74, 6) is 2.42. The highest BCUT2D eigenvalue weighted by Crippen LogP contribution is 2.48. The highest BCUT2D eigenvalue weighted by atomic mass is 14.9. The average molecular weight is 146 g/mol. The molecule has 3 rings (SSSR count). The van der Waals surface area contributed by atoms with Crippen molar-refractivity contribution < 1.29 is 0 Å². The second kappa shape index (κ2) is 1.58. The number of nitrogens with zero attached hydrogens (tertiary/aromatic N) is 1. The molecule has 2 heteroatoms. The number of aromatic amines is 1. The lowest BCUT2D eigenvalue weighted by atomic mass is 10.2. The number of imidazole rings is 1. The zero-order valence-electron chi connectivity index (χ0n) is 6.41. The Labute approximate surface area is 64.7 Å². The second-order valence-electron chi connectivity index (χ2n) is 3.55. The number of hydrogen-bond donors (Lipinski definition) is 1. The topological polar surface area (TPSA) is 28.7 Å². The van der Waals surface area contributed by atoms with Crippen LogP contribution in [0, 0.1) is 17.8 Å². The Morgan fingerprint density at radius 2 is 2.18 bits per heavy atom. The van der Waals surface area contributed by atoms with E-state index in [0.29, 0.717) is 0 Å². The number of H-pyrrole nitrogens is 1. The minimum Gasteiger partial charge on any atom is -0.345 e. The third-order valence-corrected chi connectivity index (χ3v) is 2.93. The van der Waals surface area contributed by atoms with Crippen LogP contribution in [0.5, 0.6) is 0 Å². The van der Waals surface area contributed by atoms with E-state index in [0.717, 1.165) is 23.1 Å². The van der Waals surface area contributed by atoms with E-state index in [-0.39, 0.29) is 0 Å². The predicted octanol–water partition coefficient (Wildman–Crippen LogP) is -0.134. The summed E-state index contributed by atoms with van der Waals surface area (Å²) < 4.78 is 0. The molecule has 1 heterocycles. The molecule has 0 aromatic carbocycles. The van der Waals surface area contributed by atoms with E-state index in [1.54, 1.807) is 6.33 Å². The molecule has 2 aliphatic rings. The molecule has 1 N–H and O–H groups in total. The molecule has 11 heavy (non-hydrogen) atoms. The highest BCUT2D eigenvalue weighted by molar-refractivity contribution is 5.48. The molecule has 3 atom stereocenters. The maximum atomic E-state index is 4.23. The van der Waals surface area contributed by atoms with Gasteiger partial charge in [0.05, 0.1) is 17.0 Å². The van der Waals surface area contributed by atoms with Gasteiger partial charge in [0.15, 0.2) is 0 Å². The van der Waals surface area contributed by atoms with Crippen molar-refractivity contribution in [1.82, 2.24) is 9.97 Å². The van der Waals surface area contributed by atoms with Crippen LogP contribution in [0.3, 0.4) is 0 Å². The third kappa shape index (κ3) is 0.595. The van der Waals surface area contributed by atoms with Crippen molar-refractivity contribution in [2.24, 2.45) is 17.8 Å². The van der Waals surface area contributed by atoms with Crippen molar-refractivity contribution >= 4 is 12.2 Å². The van der Waals surface area contributed by atoms with E-state index < -0.39 is 0 Å². The van der Waals surface area contributed by atoms with Gasteiger partial charge < -0.3 is 4.98 Å². The fourth-order valence-corrected chi connectivity index (χ4v) is 2.01. The van der Waals surface area contributed by atoms with Gasteiger partial charge in [-0.25, -0.2) is 4.98 Å². The molecule has 0 saturated heterocycles. The van der Waals surface area contributed by atoms with Gasteiger partial charge in [0.25, 0.3) is 0 Å². The van der Waals surface area contributed by atoms with Gasteiger partial charge in [0.1, 0.15) is 0 Å². The number of nitrogens with one attached hydrogen (secondary N) is 1. The molecule has 0 spiro atoms. The van der Waals surface area contributed by atoms with E-state index in [1.165, 1.54) is 5.35 Å². The molecule has 3 unspecified atom stereocenters. The molecular weight excluding hydrogens is 136 g/mol. The van der Waals surface area contributed by atoms with Crippen molar-refractivity contribution in [3.8, 4) is 0 Å². The van der Waals surface area contributed by atoms with Gasteiger partial charge in [0.2, 0.25) is 0 Å². The Bertz CT molecular complexity index is 365. The first kappa shape index (κ1) is 5.58. The van der Waals surface area contributed by atoms with E-state index in [9.17, 15) is 0 Å². The molecule has 1 aromatic heterocycles. The lowest BCUT2D eigenvalue weighted by molar-refractivity contribution is 0.905. The fraction of sp³-hybridized carbons (Fsp3) is 0.444. The smallest absolute Gasteiger partial charge is 0.0931 e. The zero-order valence-corrected chi connectivity index (χ0v) is 6.41. The molecule has 0 bridgehead atoms. The van der Waals surface area contributed by atoms with Crippen LogP contribution >= 0.6 is 0 Å². The Kier molecular flexibility index (Phi) is 0.799. The number of aromatic nitrogens is 2. The summed E-state index contributed by atoms with van der Waals surface area (Å²) in [7, 11) is 0. The lowest BCUT2D eigenvalue weighted by Gasteiger charge is -1.89. The highest BCUT2D eigenvalue weighted by Gasteiger charge is 2.44. The summed E-state index contributed by atoms with van der Waals surface area (Å²) in [6.45, 7) is 2.30. The molecule has 0 radical (unpaired) electrons. The van der Waals surface area contributed by atoms with Gasteiger partial charge in [-0.15, -0.1) is 0 Å². The molecule has 0 aliphatic heterocycles. The predicted molar refractivity (Wildman–Crippen MR) is 42.9 cm³/mol. The summed E-state index contributed by atoms with van der Waals surface area (Å²) >= 11 is 0. The largest absolute Gasteiger partial charge is 0.345 e. The van der Waals surface area contributed by atoms with Crippen LogP contribution in [0.2, 0.25) is 0 Å². The summed E-state index contributed by atoms with van der Waals surface area (Å²) in [6.07, 6.45) is 6.38. The van der Waals surface area contributed by atoms with E-state index in [2.05, 4.69) is 29.0 Å². The van der Waals surface area contributed by atoms with Crippen LogP contribution in [0.25, 0.3) is 12.2 Å². The molecule has 56 valence electrons. The van der Waals surface area contributed by atoms with Crippen LogP contribution in [0.1, 0.15) is 6.92 Å². The van der Waals surface area contributed by atoms with E-state index >= 15 is 0 Å². The van der Waals surface area contributed by atoms with Crippen LogP contribution < -0.4 is 10.7 Å². The van der Waals surface area contributed by atoms with Gasteiger partial charge >= 0.3 is 0 Å². The summed E-state index contributed by atoms with van der Waals surface area (Å²) in [5, 5.41) is 2.37. The van der Waals surface area contributed by atoms with Crippen molar-refractivity contribution in [2.75, 3.05) is 0 Å². The lowest BCUT2D eigenvalue weighted by Crippen LogP contribution is -2.26. The summed E-state index contributed by atoms with van der Waals surface area (Å²) in [5.41, 5.74) is 0. The second-order valence-corrected chi connectivity index (χ2v) is 3.55. The molecule has 2 aliphatic carbocycles. The first-order chi connectivity index (χ1) is 5.36. The van der Waals surface area contributed by atoms with Crippen molar-refractivity contribution in [2.45, 2.75) is 6.92 Å². The molecule has 0 amide bonds. The van der Waals surface area contributed by atoms with Crippen molar-refractivity contribution in [3.63, 3.8) is 0 Å². The van der Waals surface area contributed by atoms with Crippen molar-refractivity contribution in [1.29, 1.82) is 0 Å². The van der Waals surface area contributed by atoms with Gasteiger partial charge in [-0.3, -0.25) is 0 Å². The molecule has 1 saturated carbocycles. The Morgan fingerprint density at radius 3 is 3.09 bits per heavy atom. The van der Waals surface area contributed by atoms with Gasteiger partial charge in [-0.05, 0) is 17.8 Å². The van der Waals surface area contributed by atoms with Crippen LogP contribution in [-0.4, -0.2) is 9.97 Å². The Balaban J connectivity index is 2.31. The normalized spacial score (nSPS) is 38.1. The average Bonchev–Trinajstić information content (AvgIpc) is 2.50. The number of hydrogen-bond acceptors (Lipinski definition) is 1. The first-order valence-electron chi connectivity index (χ1n) is 4.09. The summed E-state index contributed by atoms with van der Waals surface area (Å²) in [6, 6.07) is 0. The maximum absolute atomic E-state index is 4.23. The quantitative estimate of drug-likeness (QED) is 0.542. The number of fused-ring (bicyclic) bond motifs is 2. The van der Waals surface area contributed by atoms with Crippen LogP contribution in [0.4, 0.5) is 0 Å². The Hall–Kier alpha value is -1.05. The molecule has 1 fully saturated rings.